The molecule has 0 aromatic heterocycles. The Bertz CT molecular complexity index is 1210. The Morgan fingerprint density at radius 1 is 1.03 bits per heavy atom. The maximum Gasteiger partial charge on any atom is 0.416 e. The van der Waals surface area contributed by atoms with Crippen molar-refractivity contribution in [3.63, 3.8) is 0 Å². The first-order valence-electron chi connectivity index (χ1n) is 11.9. The van der Waals surface area contributed by atoms with Gasteiger partial charge in [0.2, 0.25) is 15.9 Å². The van der Waals surface area contributed by atoms with E-state index < -0.39 is 39.1 Å². The highest BCUT2D eigenvalue weighted by atomic mass is 32.2. The zero-order valence-corrected chi connectivity index (χ0v) is 21.8. The van der Waals surface area contributed by atoms with Crippen LogP contribution in [0.15, 0.2) is 53.4 Å². The van der Waals surface area contributed by atoms with Crippen LogP contribution in [0, 0.1) is 0 Å². The van der Waals surface area contributed by atoms with Crippen LogP contribution in [0.3, 0.4) is 0 Å². The van der Waals surface area contributed by atoms with Crippen LogP contribution in [-0.4, -0.2) is 44.3 Å². The van der Waals surface area contributed by atoms with E-state index >= 15 is 0 Å². The second-order valence-electron chi connectivity index (χ2n) is 9.71. The molecule has 1 aliphatic rings. The predicted octanol–water partition coefficient (Wildman–Crippen LogP) is 4.41. The Kier molecular flexibility index (Phi) is 8.69. The number of benzene rings is 2. The average molecular weight is 541 g/mol. The first kappa shape index (κ1) is 28.6. The summed E-state index contributed by atoms with van der Waals surface area (Å²) in [6.07, 6.45) is -2.86. The molecule has 1 atom stereocenters. The van der Waals surface area contributed by atoms with Crippen molar-refractivity contribution < 1.29 is 35.9 Å². The molecule has 1 aliphatic heterocycles. The number of esters is 1. The topological polar surface area (TPSA) is 92.8 Å². The smallest absolute Gasteiger partial charge is 0.416 e. The van der Waals surface area contributed by atoms with E-state index in [0.29, 0.717) is 24.9 Å². The average Bonchev–Trinajstić information content (AvgIpc) is 3.06. The van der Waals surface area contributed by atoms with Gasteiger partial charge in [0, 0.05) is 18.5 Å². The predicted molar refractivity (Wildman–Crippen MR) is 131 cm³/mol. The van der Waals surface area contributed by atoms with Gasteiger partial charge in [0.1, 0.15) is 6.04 Å². The first-order valence-corrected chi connectivity index (χ1v) is 13.3. The highest BCUT2D eigenvalue weighted by Crippen LogP contribution is 2.32. The molecule has 37 heavy (non-hydrogen) atoms. The molecule has 1 N–H and O–H groups in total. The van der Waals surface area contributed by atoms with Gasteiger partial charge in [0.25, 0.3) is 0 Å². The Morgan fingerprint density at radius 2 is 1.62 bits per heavy atom. The lowest BCUT2D eigenvalue weighted by Gasteiger charge is -2.30. The van der Waals surface area contributed by atoms with Crippen molar-refractivity contribution in [3.05, 3.63) is 65.2 Å². The third-order valence-electron chi connectivity index (χ3n) is 6.53. The Morgan fingerprint density at radius 3 is 2.19 bits per heavy atom. The van der Waals surface area contributed by atoms with Gasteiger partial charge in [0.15, 0.2) is 0 Å². The van der Waals surface area contributed by atoms with Crippen molar-refractivity contribution in [2.24, 2.45) is 0 Å². The molecule has 7 nitrogen and oxygen atoms in total. The fourth-order valence-corrected chi connectivity index (χ4v) is 5.89. The van der Waals surface area contributed by atoms with Crippen molar-refractivity contribution >= 4 is 21.9 Å². The molecule has 0 saturated carbocycles. The van der Waals surface area contributed by atoms with Crippen LogP contribution < -0.4 is 5.32 Å². The molecule has 202 valence electrons. The third-order valence-corrected chi connectivity index (χ3v) is 8.40. The molecule has 1 fully saturated rings. The van der Waals surface area contributed by atoms with E-state index in [9.17, 15) is 31.2 Å². The number of ether oxygens (including phenoxy) is 1. The summed E-state index contributed by atoms with van der Waals surface area (Å²) < 4.78 is 72.2. The zero-order chi connectivity index (χ0) is 27.4. The van der Waals surface area contributed by atoms with Gasteiger partial charge in [0.05, 0.1) is 24.0 Å². The van der Waals surface area contributed by atoms with E-state index in [4.69, 9.17) is 4.74 Å². The van der Waals surface area contributed by atoms with Crippen LogP contribution in [0.25, 0.3) is 0 Å². The van der Waals surface area contributed by atoms with Crippen LogP contribution in [0.5, 0.6) is 0 Å². The molecule has 1 heterocycles. The first-order chi connectivity index (χ1) is 17.3. The van der Waals surface area contributed by atoms with Crippen LogP contribution in [0.1, 0.15) is 56.2 Å². The van der Waals surface area contributed by atoms with Gasteiger partial charge in [-0.3, -0.25) is 9.59 Å². The fraction of sp³-hybridized carbons (Fsp3) is 0.462. The maximum atomic E-state index is 13.6. The summed E-state index contributed by atoms with van der Waals surface area (Å²) in [5.41, 5.74) is -0.0646. The number of carbonyl (C=O) groups excluding carboxylic acids is 2. The number of halogens is 3. The second-order valence-corrected chi connectivity index (χ2v) is 11.6. The molecular formula is C26H31F3N2O5S. The van der Waals surface area contributed by atoms with Crippen molar-refractivity contribution in [3.8, 4) is 0 Å². The number of nitrogens with one attached hydrogen (secondary N) is 1. The summed E-state index contributed by atoms with van der Waals surface area (Å²) in [4.78, 5) is 24.3. The number of methoxy groups -OCH3 is 1. The lowest BCUT2D eigenvalue weighted by Crippen LogP contribution is -2.48. The van der Waals surface area contributed by atoms with E-state index in [-0.39, 0.29) is 30.3 Å². The molecular weight excluding hydrogens is 509 g/mol. The number of carbonyl (C=O) groups is 2. The van der Waals surface area contributed by atoms with Crippen LogP contribution >= 0.6 is 0 Å². The number of hydrogen-bond acceptors (Lipinski definition) is 5. The summed E-state index contributed by atoms with van der Waals surface area (Å²) >= 11 is 0. The molecule has 2 aromatic rings. The molecule has 0 bridgehead atoms. The number of amides is 1. The number of nitrogens with zero attached hydrogens (tertiary/aromatic N) is 1. The summed E-state index contributed by atoms with van der Waals surface area (Å²) in [5.74, 6) is -0.800. The van der Waals surface area contributed by atoms with Crippen LogP contribution in [0.4, 0.5) is 13.2 Å². The monoisotopic (exact) mass is 540 g/mol. The SMILES string of the molecule is COC(=O)CC(C)(C)c1ccc(CN([C@@H]2CCCCNC2=O)S(=O)(=O)c2ccc(C(F)(F)F)cc2)cc1. The summed E-state index contributed by atoms with van der Waals surface area (Å²) in [7, 11) is -3.01. The number of hydrogen-bond donors (Lipinski definition) is 1. The van der Waals surface area contributed by atoms with Crippen molar-refractivity contribution in [1.29, 1.82) is 0 Å². The van der Waals surface area contributed by atoms with Gasteiger partial charge >= 0.3 is 12.1 Å². The maximum absolute atomic E-state index is 13.6. The largest absolute Gasteiger partial charge is 0.469 e. The number of alkyl halides is 3. The molecule has 2 aromatic carbocycles. The van der Waals surface area contributed by atoms with E-state index in [1.807, 2.05) is 13.8 Å². The minimum Gasteiger partial charge on any atom is -0.469 e. The van der Waals surface area contributed by atoms with E-state index in [2.05, 4.69) is 5.32 Å². The van der Waals surface area contributed by atoms with Gasteiger partial charge in [-0.2, -0.15) is 17.5 Å². The lowest BCUT2D eigenvalue weighted by molar-refractivity contribution is -0.142. The molecule has 1 saturated heterocycles. The lowest BCUT2D eigenvalue weighted by atomic mass is 9.81. The Labute approximate surface area is 215 Å². The van der Waals surface area contributed by atoms with Gasteiger partial charge in [-0.25, -0.2) is 8.42 Å². The molecule has 0 aliphatic carbocycles. The third kappa shape index (κ3) is 6.89. The van der Waals surface area contributed by atoms with E-state index in [1.54, 1.807) is 24.3 Å². The molecule has 1 amide bonds. The minimum atomic E-state index is -4.60. The molecule has 0 spiro atoms. The molecule has 0 radical (unpaired) electrons. The summed E-state index contributed by atoms with van der Waals surface area (Å²) in [6, 6.07) is 9.27. The van der Waals surface area contributed by atoms with E-state index in [1.165, 1.54) is 7.11 Å². The molecule has 11 heteroatoms. The van der Waals surface area contributed by atoms with Crippen molar-refractivity contribution in [2.75, 3.05) is 13.7 Å². The van der Waals surface area contributed by atoms with Crippen molar-refractivity contribution in [1.82, 2.24) is 9.62 Å². The van der Waals surface area contributed by atoms with Crippen molar-refractivity contribution in [2.45, 2.75) is 68.6 Å². The normalized spacial score (nSPS) is 17.3. The molecule has 0 unspecified atom stereocenters. The van der Waals surface area contributed by atoms with Gasteiger partial charge < -0.3 is 10.1 Å². The van der Waals surface area contributed by atoms with Crippen LogP contribution in [0.2, 0.25) is 0 Å². The Balaban J connectivity index is 1.95. The fourth-order valence-electron chi connectivity index (χ4n) is 4.29. The number of sulfonamides is 1. The summed E-state index contributed by atoms with van der Waals surface area (Å²) in [6.45, 7) is 4.04. The zero-order valence-electron chi connectivity index (χ0n) is 21.0. The number of rotatable bonds is 8. The van der Waals surface area contributed by atoms with Gasteiger partial charge in [-0.1, -0.05) is 38.1 Å². The second kappa shape index (κ2) is 11.2. The highest BCUT2D eigenvalue weighted by molar-refractivity contribution is 7.89. The standard InChI is InChI=1S/C26H31F3N2O5S/c1-25(2,16-23(32)36-3)19-9-7-18(8-10-19)17-31(22-6-4-5-15-30-24(22)33)37(34,35)21-13-11-20(12-14-21)26(27,28)29/h7-14,22H,4-6,15-17H2,1-3H3,(H,30,33)/t22-/m1/s1. The Hall–Kier alpha value is -2.92. The van der Waals surface area contributed by atoms with Gasteiger partial charge in [-0.05, 0) is 54.7 Å². The van der Waals surface area contributed by atoms with Crippen LogP contribution in [-0.2, 0) is 42.5 Å². The van der Waals surface area contributed by atoms with Gasteiger partial charge in [-0.15, -0.1) is 0 Å². The molecule has 3 rings (SSSR count). The quantitative estimate of drug-likeness (QED) is 0.501. The minimum absolute atomic E-state index is 0.152. The van der Waals surface area contributed by atoms with E-state index in [0.717, 1.165) is 34.1 Å². The summed E-state index contributed by atoms with van der Waals surface area (Å²) in [5, 5.41) is 2.73. The highest BCUT2D eigenvalue weighted by Gasteiger charge is 2.37.